The molecule has 1 aromatic heterocycles. The number of thioether (sulfide) groups is 1. The van der Waals surface area contributed by atoms with E-state index in [4.69, 9.17) is 4.74 Å². The van der Waals surface area contributed by atoms with Gasteiger partial charge < -0.3 is 9.30 Å². The van der Waals surface area contributed by atoms with Crippen LogP contribution in [0.4, 0.5) is 4.79 Å². The van der Waals surface area contributed by atoms with E-state index in [-0.39, 0.29) is 11.5 Å². The van der Waals surface area contributed by atoms with Crippen molar-refractivity contribution < 1.29 is 19.1 Å². The van der Waals surface area contributed by atoms with Crippen LogP contribution in [0, 0.1) is 0 Å². The van der Waals surface area contributed by atoms with Gasteiger partial charge in [-0.05, 0) is 56.0 Å². The summed E-state index contributed by atoms with van der Waals surface area (Å²) in [6, 6.07) is 12.4. The van der Waals surface area contributed by atoms with Crippen LogP contribution < -0.4 is 0 Å². The third kappa shape index (κ3) is 3.43. The fraction of sp³-hybridized carbons (Fsp3) is 0.211. The van der Waals surface area contributed by atoms with Crippen molar-refractivity contribution >= 4 is 35.0 Å². The van der Waals surface area contributed by atoms with Gasteiger partial charge in [0.15, 0.2) is 0 Å². The molecule has 7 heteroatoms. The lowest BCUT2D eigenvalue weighted by molar-refractivity contribution is -0.150. The second kappa shape index (κ2) is 7.61. The van der Waals surface area contributed by atoms with Gasteiger partial charge in [-0.25, -0.2) is 4.79 Å². The largest absolute Gasteiger partial charge is 0.464 e. The average molecular weight is 370 g/mol. The number of carbonyl (C=O) groups is 3. The Morgan fingerprint density at radius 3 is 2.62 bits per heavy atom. The number of aromatic nitrogens is 1. The Balaban J connectivity index is 1.88. The number of hydrogen-bond acceptors (Lipinski definition) is 5. The highest BCUT2D eigenvalue weighted by molar-refractivity contribution is 8.18. The van der Waals surface area contributed by atoms with Gasteiger partial charge in [0.2, 0.25) is 0 Å². The monoisotopic (exact) mass is 370 g/mol. The number of carbonyl (C=O) groups excluding carboxylic acids is 3. The van der Waals surface area contributed by atoms with E-state index in [2.05, 4.69) is 0 Å². The van der Waals surface area contributed by atoms with E-state index in [1.165, 1.54) is 6.92 Å². The van der Waals surface area contributed by atoms with Crippen molar-refractivity contribution in [3.05, 3.63) is 59.3 Å². The van der Waals surface area contributed by atoms with Gasteiger partial charge in [0.25, 0.3) is 11.1 Å². The van der Waals surface area contributed by atoms with Gasteiger partial charge in [-0.1, -0.05) is 18.2 Å². The second-order valence-electron chi connectivity index (χ2n) is 5.62. The summed E-state index contributed by atoms with van der Waals surface area (Å²) < 4.78 is 6.83. The fourth-order valence-corrected chi connectivity index (χ4v) is 3.54. The molecule has 1 aliphatic heterocycles. The number of rotatable bonds is 5. The molecular weight excluding hydrogens is 352 g/mol. The maximum absolute atomic E-state index is 12.6. The number of benzene rings is 1. The molecule has 0 radical (unpaired) electrons. The Labute approximate surface area is 155 Å². The van der Waals surface area contributed by atoms with E-state index in [1.807, 2.05) is 53.2 Å². The van der Waals surface area contributed by atoms with Gasteiger partial charge in [-0.2, -0.15) is 0 Å². The zero-order valence-electron chi connectivity index (χ0n) is 14.4. The molecule has 6 nitrogen and oxygen atoms in total. The van der Waals surface area contributed by atoms with Crippen LogP contribution in [0.2, 0.25) is 0 Å². The minimum absolute atomic E-state index is 0.194. The molecule has 0 N–H and O–H groups in total. The van der Waals surface area contributed by atoms with Crippen LogP contribution in [0.3, 0.4) is 0 Å². The van der Waals surface area contributed by atoms with E-state index in [9.17, 15) is 14.4 Å². The Morgan fingerprint density at radius 2 is 1.92 bits per heavy atom. The maximum atomic E-state index is 12.6. The fourth-order valence-electron chi connectivity index (χ4n) is 2.65. The molecule has 0 bridgehead atoms. The Kier molecular flexibility index (Phi) is 5.27. The third-order valence-corrected chi connectivity index (χ3v) is 4.82. The lowest BCUT2D eigenvalue weighted by atomic mass is 10.2. The van der Waals surface area contributed by atoms with Gasteiger partial charge in [0, 0.05) is 17.6 Å². The van der Waals surface area contributed by atoms with E-state index < -0.39 is 23.2 Å². The molecule has 26 heavy (non-hydrogen) atoms. The summed E-state index contributed by atoms with van der Waals surface area (Å²) in [6.45, 7) is 3.36. The van der Waals surface area contributed by atoms with E-state index in [0.29, 0.717) is 0 Å². The van der Waals surface area contributed by atoms with Gasteiger partial charge in [0.1, 0.15) is 6.04 Å². The first-order valence-corrected chi connectivity index (χ1v) is 9.01. The van der Waals surface area contributed by atoms with E-state index >= 15 is 0 Å². The van der Waals surface area contributed by atoms with Crippen molar-refractivity contribution in [1.82, 2.24) is 9.47 Å². The molecule has 3 rings (SSSR count). The first-order chi connectivity index (χ1) is 12.5. The molecule has 2 heterocycles. The zero-order chi connectivity index (χ0) is 18.7. The quantitative estimate of drug-likeness (QED) is 0.595. The van der Waals surface area contributed by atoms with Crippen molar-refractivity contribution in [2.75, 3.05) is 6.61 Å². The number of para-hydroxylation sites is 1. The molecule has 1 saturated heterocycles. The maximum Gasteiger partial charge on any atom is 0.329 e. The lowest BCUT2D eigenvalue weighted by Crippen LogP contribution is -2.42. The normalized spacial score (nSPS) is 17.0. The van der Waals surface area contributed by atoms with E-state index in [1.54, 1.807) is 13.0 Å². The summed E-state index contributed by atoms with van der Waals surface area (Å²) in [6.07, 6.45) is 3.54. The summed E-state index contributed by atoms with van der Waals surface area (Å²) in [5.74, 6) is -1.08. The highest BCUT2D eigenvalue weighted by atomic mass is 32.2. The Bertz CT molecular complexity index is 873. The van der Waals surface area contributed by atoms with E-state index in [0.717, 1.165) is 28.0 Å². The summed E-state index contributed by atoms with van der Waals surface area (Å²) >= 11 is 0.825. The highest BCUT2D eigenvalue weighted by Crippen LogP contribution is 2.34. The number of imide groups is 1. The third-order valence-electron chi connectivity index (χ3n) is 3.93. The Hall–Kier alpha value is -2.80. The molecule has 2 amide bonds. The molecule has 0 aliphatic carbocycles. The summed E-state index contributed by atoms with van der Waals surface area (Å²) in [4.78, 5) is 38.0. The van der Waals surface area contributed by atoms with Gasteiger partial charge >= 0.3 is 5.97 Å². The number of amides is 2. The summed E-state index contributed by atoms with van der Waals surface area (Å²) in [5, 5.41) is -0.473. The topological polar surface area (TPSA) is 68.6 Å². The van der Waals surface area contributed by atoms with Crippen molar-refractivity contribution in [3.63, 3.8) is 0 Å². The number of nitrogens with zero attached hydrogens (tertiary/aromatic N) is 2. The first kappa shape index (κ1) is 18.0. The van der Waals surface area contributed by atoms with Crippen LogP contribution in [0.5, 0.6) is 0 Å². The second-order valence-corrected chi connectivity index (χ2v) is 6.61. The molecular formula is C19H18N2O4S. The zero-order valence-corrected chi connectivity index (χ0v) is 15.2. The minimum Gasteiger partial charge on any atom is -0.464 e. The standard InChI is InChI=1S/C19H18N2O4S/c1-3-25-18(23)13(2)21-17(22)16(26-19(21)24)12-15-10-7-11-20(15)14-8-5-4-6-9-14/h4-13H,3H2,1-2H3. The van der Waals surface area contributed by atoms with Crippen molar-refractivity contribution in [2.24, 2.45) is 0 Å². The predicted molar refractivity (Wildman–Crippen MR) is 99.7 cm³/mol. The molecule has 1 atom stereocenters. The van der Waals surface area contributed by atoms with Crippen LogP contribution in [-0.4, -0.2) is 39.2 Å². The number of hydrogen-bond donors (Lipinski definition) is 0. The minimum atomic E-state index is -0.950. The molecule has 1 unspecified atom stereocenters. The van der Waals surface area contributed by atoms with Crippen LogP contribution in [0.1, 0.15) is 19.5 Å². The molecule has 2 aromatic rings. The molecule has 1 aliphatic rings. The smallest absolute Gasteiger partial charge is 0.329 e. The first-order valence-electron chi connectivity index (χ1n) is 8.19. The van der Waals surface area contributed by atoms with Crippen LogP contribution in [-0.2, 0) is 14.3 Å². The summed E-state index contributed by atoms with van der Waals surface area (Å²) in [5.41, 5.74) is 1.72. The molecule has 1 aromatic carbocycles. The Morgan fingerprint density at radius 1 is 1.19 bits per heavy atom. The van der Waals surface area contributed by atoms with Gasteiger partial charge in [0.05, 0.1) is 11.5 Å². The van der Waals surface area contributed by atoms with Crippen molar-refractivity contribution in [1.29, 1.82) is 0 Å². The number of ether oxygens (including phenoxy) is 1. The predicted octanol–water partition coefficient (Wildman–Crippen LogP) is 3.47. The van der Waals surface area contributed by atoms with Gasteiger partial charge in [-0.15, -0.1) is 0 Å². The number of esters is 1. The van der Waals surface area contributed by atoms with Crippen LogP contribution >= 0.6 is 11.8 Å². The SMILES string of the molecule is CCOC(=O)C(C)N1C(=O)SC(=Cc2cccn2-c2ccccc2)C1=O. The van der Waals surface area contributed by atoms with Crippen LogP contribution in [0.15, 0.2) is 53.6 Å². The summed E-state index contributed by atoms with van der Waals surface area (Å²) in [7, 11) is 0. The van der Waals surface area contributed by atoms with Crippen molar-refractivity contribution in [2.45, 2.75) is 19.9 Å². The highest BCUT2D eigenvalue weighted by Gasteiger charge is 2.41. The molecule has 1 fully saturated rings. The molecule has 0 spiro atoms. The molecule has 0 saturated carbocycles. The average Bonchev–Trinajstić information content (AvgIpc) is 3.20. The van der Waals surface area contributed by atoms with Crippen molar-refractivity contribution in [3.8, 4) is 5.69 Å². The molecule has 134 valence electrons. The lowest BCUT2D eigenvalue weighted by Gasteiger charge is -2.19. The van der Waals surface area contributed by atoms with Crippen LogP contribution in [0.25, 0.3) is 11.8 Å². The van der Waals surface area contributed by atoms with Gasteiger partial charge in [-0.3, -0.25) is 14.5 Å².